The standard InChI is InChI=1S/C13H19NS/c14-12-6-4-5-11(9-12)10-15-13-7-2-1-3-8-13/h1-3,7-8,11-12H,4-6,9-10,14H2. The lowest BCUT2D eigenvalue weighted by Gasteiger charge is -2.26. The van der Waals surface area contributed by atoms with Crippen molar-refractivity contribution in [2.24, 2.45) is 11.7 Å². The van der Waals surface area contributed by atoms with E-state index in [0.29, 0.717) is 6.04 Å². The van der Waals surface area contributed by atoms with Crippen molar-refractivity contribution in [3.8, 4) is 0 Å². The molecule has 2 atom stereocenters. The Bertz CT molecular complexity index is 286. The summed E-state index contributed by atoms with van der Waals surface area (Å²) in [4.78, 5) is 1.39. The van der Waals surface area contributed by atoms with E-state index in [4.69, 9.17) is 5.73 Å². The number of benzene rings is 1. The molecule has 1 nitrogen and oxygen atoms in total. The molecule has 0 spiro atoms. The first kappa shape index (κ1) is 11.0. The van der Waals surface area contributed by atoms with Crippen LogP contribution in [0.4, 0.5) is 0 Å². The van der Waals surface area contributed by atoms with Gasteiger partial charge in [0, 0.05) is 16.7 Å². The molecule has 1 saturated carbocycles. The van der Waals surface area contributed by atoms with Crippen LogP contribution >= 0.6 is 11.8 Å². The Labute approximate surface area is 96.4 Å². The summed E-state index contributed by atoms with van der Waals surface area (Å²) in [5.41, 5.74) is 5.98. The van der Waals surface area contributed by atoms with Crippen LogP contribution < -0.4 is 5.73 Å². The van der Waals surface area contributed by atoms with E-state index in [1.54, 1.807) is 0 Å². The molecular weight excluding hydrogens is 202 g/mol. The van der Waals surface area contributed by atoms with E-state index in [0.717, 1.165) is 5.92 Å². The number of hydrogen-bond acceptors (Lipinski definition) is 2. The molecule has 0 aromatic heterocycles. The van der Waals surface area contributed by atoms with E-state index in [1.165, 1.54) is 36.3 Å². The molecule has 2 N–H and O–H groups in total. The molecule has 2 unspecified atom stereocenters. The van der Waals surface area contributed by atoms with Crippen molar-refractivity contribution in [2.75, 3.05) is 5.75 Å². The molecular formula is C13H19NS. The van der Waals surface area contributed by atoms with E-state index in [1.807, 2.05) is 11.8 Å². The third-order valence-corrected chi connectivity index (χ3v) is 4.30. The van der Waals surface area contributed by atoms with Gasteiger partial charge >= 0.3 is 0 Å². The topological polar surface area (TPSA) is 26.0 Å². The van der Waals surface area contributed by atoms with E-state index < -0.39 is 0 Å². The Morgan fingerprint density at radius 1 is 1.20 bits per heavy atom. The van der Waals surface area contributed by atoms with E-state index in [-0.39, 0.29) is 0 Å². The summed E-state index contributed by atoms with van der Waals surface area (Å²) in [7, 11) is 0. The monoisotopic (exact) mass is 221 g/mol. The largest absolute Gasteiger partial charge is 0.328 e. The summed E-state index contributed by atoms with van der Waals surface area (Å²) in [5.74, 6) is 2.07. The van der Waals surface area contributed by atoms with Gasteiger partial charge in [-0.1, -0.05) is 24.6 Å². The second-order valence-electron chi connectivity index (χ2n) is 4.42. The van der Waals surface area contributed by atoms with Crippen LogP contribution in [-0.4, -0.2) is 11.8 Å². The first-order valence-electron chi connectivity index (χ1n) is 5.78. The molecule has 1 aromatic carbocycles. The lowest BCUT2D eigenvalue weighted by molar-refractivity contribution is 0.349. The minimum atomic E-state index is 0.458. The van der Waals surface area contributed by atoms with Crippen LogP contribution in [0.5, 0.6) is 0 Å². The van der Waals surface area contributed by atoms with Crippen LogP contribution in [0.15, 0.2) is 35.2 Å². The Morgan fingerprint density at radius 3 is 2.73 bits per heavy atom. The van der Waals surface area contributed by atoms with Crippen LogP contribution in [-0.2, 0) is 0 Å². The minimum absolute atomic E-state index is 0.458. The summed E-state index contributed by atoms with van der Waals surface area (Å²) < 4.78 is 0. The van der Waals surface area contributed by atoms with Gasteiger partial charge in [-0.2, -0.15) is 0 Å². The van der Waals surface area contributed by atoms with Crippen LogP contribution in [0.25, 0.3) is 0 Å². The minimum Gasteiger partial charge on any atom is -0.328 e. The van der Waals surface area contributed by atoms with Gasteiger partial charge in [-0.3, -0.25) is 0 Å². The molecule has 82 valence electrons. The number of hydrogen-bond donors (Lipinski definition) is 1. The van der Waals surface area contributed by atoms with Gasteiger partial charge in [0.2, 0.25) is 0 Å². The Morgan fingerprint density at radius 2 is 2.00 bits per heavy atom. The highest BCUT2D eigenvalue weighted by Gasteiger charge is 2.18. The van der Waals surface area contributed by atoms with Gasteiger partial charge < -0.3 is 5.73 Å². The van der Waals surface area contributed by atoms with Crippen molar-refractivity contribution in [3.63, 3.8) is 0 Å². The lowest BCUT2D eigenvalue weighted by Crippen LogP contribution is -2.28. The molecule has 15 heavy (non-hydrogen) atoms. The van der Waals surface area contributed by atoms with E-state index >= 15 is 0 Å². The smallest absolute Gasteiger partial charge is 0.00720 e. The molecule has 2 heteroatoms. The van der Waals surface area contributed by atoms with Gasteiger partial charge in [0.25, 0.3) is 0 Å². The highest BCUT2D eigenvalue weighted by Crippen LogP contribution is 2.29. The van der Waals surface area contributed by atoms with Gasteiger partial charge in [-0.05, 0) is 37.3 Å². The molecule has 1 aromatic rings. The summed E-state index contributed by atoms with van der Waals surface area (Å²) in [6.45, 7) is 0. The molecule has 0 bridgehead atoms. The fourth-order valence-electron chi connectivity index (χ4n) is 2.21. The third kappa shape index (κ3) is 3.54. The van der Waals surface area contributed by atoms with Crippen LogP contribution in [0.2, 0.25) is 0 Å². The van der Waals surface area contributed by atoms with E-state index in [2.05, 4.69) is 30.3 Å². The quantitative estimate of drug-likeness (QED) is 0.793. The first-order chi connectivity index (χ1) is 7.34. The molecule has 2 rings (SSSR count). The van der Waals surface area contributed by atoms with Gasteiger partial charge in [-0.15, -0.1) is 11.8 Å². The number of thioether (sulfide) groups is 1. The first-order valence-corrected chi connectivity index (χ1v) is 6.76. The van der Waals surface area contributed by atoms with Crippen molar-refractivity contribution in [1.82, 2.24) is 0 Å². The third-order valence-electron chi connectivity index (χ3n) is 3.05. The summed E-state index contributed by atoms with van der Waals surface area (Å²) in [6, 6.07) is 11.1. The average Bonchev–Trinajstić information content (AvgIpc) is 2.28. The van der Waals surface area contributed by atoms with Gasteiger partial charge in [0.1, 0.15) is 0 Å². The fraction of sp³-hybridized carbons (Fsp3) is 0.538. The average molecular weight is 221 g/mol. The van der Waals surface area contributed by atoms with Crippen molar-refractivity contribution in [2.45, 2.75) is 36.6 Å². The predicted molar refractivity (Wildman–Crippen MR) is 67.1 cm³/mol. The number of rotatable bonds is 3. The normalized spacial score (nSPS) is 26.5. The second-order valence-corrected chi connectivity index (χ2v) is 5.51. The highest BCUT2D eigenvalue weighted by atomic mass is 32.2. The zero-order valence-electron chi connectivity index (χ0n) is 9.06. The Hall–Kier alpha value is -0.470. The van der Waals surface area contributed by atoms with Gasteiger partial charge in [-0.25, -0.2) is 0 Å². The molecule has 1 fully saturated rings. The zero-order valence-corrected chi connectivity index (χ0v) is 9.88. The maximum atomic E-state index is 5.98. The number of nitrogens with two attached hydrogens (primary N) is 1. The summed E-state index contributed by atoms with van der Waals surface area (Å²) in [6.07, 6.45) is 5.14. The Balaban J connectivity index is 1.78. The van der Waals surface area contributed by atoms with Crippen LogP contribution in [0.1, 0.15) is 25.7 Å². The second kappa shape index (κ2) is 5.57. The van der Waals surface area contributed by atoms with Crippen molar-refractivity contribution in [1.29, 1.82) is 0 Å². The molecule has 0 radical (unpaired) electrons. The molecule has 0 amide bonds. The maximum absolute atomic E-state index is 5.98. The summed E-state index contributed by atoms with van der Waals surface area (Å²) >= 11 is 1.97. The lowest BCUT2D eigenvalue weighted by atomic mass is 9.87. The highest BCUT2D eigenvalue weighted by molar-refractivity contribution is 7.99. The summed E-state index contributed by atoms with van der Waals surface area (Å²) in [5, 5.41) is 0. The molecule has 0 heterocycles. The molecule has 1 aliphatic rings. The fourth-order valence-corrected chi connectivity index (χ4v) is 3.30. The van der Waals surface area contributed by atoms with Crippen molar-refractivity contribution < 1.29 is 0 Å². The molecule has 0 aliphatic heterocycles. The van der Waals surface area contributed by atoms with E-state index in [9.17, 15) is 0 Å². The maximum Gasteiger partial charge on any atom is 0.00720 e. The van der Waals surface area contributed by atoms with Crippen molar-refractivity contribution >= 4 is 11.8 Å². The van der Waals surface area contributed by atoms with Crippen LogP contribution in [0.3, 0.4) is 0 Å². The Kier molecular flexibility index (Phi) is 4.09. The predicted octanol–water partition coefficient (Wildman–Crippen LogP) is 3.30. The van der Waals surface area contributed by atoms with Crippen molar-refractivity contribution in [3.05, 3.63) is 30.3 Å². The molecule has 1 aliphatic carbocycles. The SMILES string of the molecule is NC1CCCC(CSc2ccccc2)C1. The van der Waals surface area contributed by atoms with Gasteiger partial charge in [0.05, 0.1) is 0 Å². The zero-order chi connectivity index (χ0) is 10.5. The molecule has 0 saturated heterocycles. The van der Waals surface area contributed by atoms with Gasteiger partial charge in [0.15, 0.2) is 0 Å². The van der Waals surface area contributed by atoms with Crippen LogP contribution in [0, 0.1) is 5.92 Å².